The highest BCUT2D eigenvalue weighted by molar-refractivity contribution is 5.49. The number of pyridine rings is 1. The smallest absolute Gasteiger partial charge is 0.237 e. The van der Waals surface area contributed by atoms with Crippen molar-refractivity contribution in [2.24, 2.45) is 0 Å². The summed E-state index contributed by atoms with van der Waals surface area (Å²) in [7, 11) is 0. The van der Waals surface area contributed by atoms with Crippen molar-refractivity contribution in [2.75, 3.05) is 25.6 Å². The normalized spacial score (nSPS) is 10.3. The molecule has 15 heavy (non-hydrogen) atoms. The average Bonchev–Trinajstić information content (AvgIpc) is 2.20. The average molecular weight is 210 g/mol. The third kappa shape index (κ3) is 4.16. The molecule has 4 heteroatoms. The van der Waals surface area contributed by atoms with Crippen LogP contribution in [0.3, 0.4) is 0 Å². The first-order valence-electron chi connectivity index (χ1n) is 5.16. The summed E-state index contributed by atoms with van der Waals surface area (Å²) in [5, 5.41) is 0. The summed E-state index contributed by atoms with van der Waals surface area (Å²) in [6.07, 6.45) is 2.75. The molecule has 0 saturated heterocycles. The lowest BCUT2D eigenvalue weighted by atomic mass is 10.3. The molecule has 0 saturated carbocycles. The first-order valence-corrected chi connectivity index (χ1v) is 5.16. The van der Waals surface area contributed by atoms with Crippen LogP contribution < -0.4 is 10.5 Å². The van der Waals surface area contributed by atoms with Gasteiger partial charge in [0.15, 0.2) is 0 Å². The van der Waals surface area contributed by atoms with Gasteiger partial charge in [0.25, 0.3) is 0 Å². The molecule has 0 fully saturated rings. The fourth-order valence-corrected chi connectivity index (χ4v) is 1.14. The van der Waals surface area contributed by atoms with Crippen molar-refractivity contribution in [2.45, 2.75) is 20.3 Å². The van der Waals surface area contributed by atoms with E-state index in [2.05, 4.69) is 11.9 Å². The van der Waals surface area contributed by atoms with E-state index in [1.54, 1.807) is 6.20 Å². The molecule has 0 atom stereocenters. The number of nitrogens with two attached hydrogens (primary N) is 1. The Morgan fingerprint density at radius 2 is 2.13 bits per heavy atom. The Morgan fingerprint density at radius 1 is 1.33 bits per heavy atom. The predicted octanol–water partition coefficient (Wildman–Crippen LogP) is 1.78. The molecule has 2 N–H and O–H groups in total. The molecule has 0 amide bonds. The van der Waals surface area contributed by atoms with Gasteiger partial charge < -0.3 is 15.2 Å². The zero-order chi connectivity index (χ0) is 11.1. The van der Waals surface area contributed by atoms with Gasteiger partial charge in [0.05, 0.1) is 12.3 Å². The van der Waals surface area contributed by atoms with Crippen LogP contribution >= 0.6 is 0 Å². The van der Waals surface area contributed by atoms with Crippen LogP contribution in [0.2, 0.25) is 0 Å². The van der Waals surface area contributed by atoms with E-state index < -0.39 is 0 Å². The van der Waals surface area contributed by atoms with Gasteiger partial charge in [0, 0.05) is 12.8 Å². The van der Waals surface area contributed by atoms with Gasteiger partial charge in [-0.1, -0.05) is 6.92 Å². The van der Waals surface area contributed by atoms with Crippen LogP contribution in [0.25, 0.3) is 0 Å². The first kappa shape index (κ1) is 11.8. The molecule has 0 unspecified atom stereocenters. The van der Waals surface area contributed by atoms with Crippen LogP contribution in [-0.2, 0) is 4.74 Å². The van der Waals surface area contributed by atoms with Crippen molar-refractivity contribution in [3.05, 3.63) is 17.8 Å². The van der Waals surface area contributed by atoms with Crippen LogP contribution in [-0.4, -0.2) is 24.8 Å². The van der Waals surface area contributed by atoms with E-state index >= 15 is 0 Å². The molecule has 84 valence electrons. The van der Waals surface area contributed by atoms with Gasteiger partial charge in [0.1, 0.15) is 6.61 Å². The number of aryl methyl sites for hydroxylation is 1. The van der Waals surface area contributed by atoms with Gasteiger partial charge in [-0.15, -0.1) is 0 Å². The highest BCUT2D eigenvalue weighted by atomic mass is 16.5. The first-order chi connectivity index (χ1) is 7.24. The van der Waals surface area contributed by atoms with Gasteiger partial charge in [-0.05, 0) is 25.0 Å². The molecule has 0 spiro atoms. The summed E-state index contributed by atoms with van der Waals surface area (Å²) in [6.45, 7) is 5.83. The van der Waals surface area contributed by atoms with E-state index in [9.17, 15) is 0 Å². The summed E-state index contributed by atoms with van der Waals surface area (Å²) in [5.41, 5.74) is 7.34. The molecule has 0 aliphatic heterocycles. The Labute approximate surface area is 90.4 Å². The van der Waals surface area contributed by atoms with Crippen molar-refractivity contribution in [1.29, 1.82) is 0 Å². The molecule has 0 aromatic carbocycles. The van der Waals surface area contributed by atoms with Crippen molar-refractivity contribution >= 4 is 5.69 Å². The fraction of sp³-hybridized carbons (Fsp3) is 0.545. The lowest BCUT2D eigenvalue weighted by Crippen LogP contribution is -2.09. The number of anilines is 1. The molecule has 1 rings (SSSR count). The third-order valence-electron chi connectivity index (χ3n) is 1.83. The summed E-state index contributed by atoms with van der Waals surface area (Å²) >= 11 is 0. The Bertz CT molecular complexity index is 303. The van der Waals surface area contributed by atoms with Gasteiger partial charge in [-0.3, -0.25) is 0 Å². The number of ether oxygens (including phenoxy) is 2. The van der Waals surface area contributed by atoms with E-state index in [0.717, 1.165) is 18.6 Å². The molecule has 1 aromatic rings. The number of nitrogen functional groups attached to an aromatic ring is 1. The SMILES string of the molecule is CCCOCCOc1ncc(C)cc1N. The van der Waals surface area contributed by atoms with Crippen LogP contribution in [0.15, 0.2) is 12.3 Å². The molecule has 1 aromatic heterocycles. The lowest BCUT2D eigenvalue weighted by Gasteiger charge is -2.08. The number of hydrogen-bond acceptors (Lipinski definition) is 4. The van der Waals surface area contributed by atoms with Crippen molar-refractivity contribution < 1.29 is 9.47 Å². The number of aromatic nitrogens is 1. The van der Waals surface area contributed by atoms with Gasteiger partial charge in [0.2, 0.25) is 5.88 Å². The quantitative estimate of drug-likeness (QED) is 0.727. The van der Waals surface area contributed by atoms with Crippen LogP contribution in [0.1, 0.15) is 18.9 Å². The minimum atomic E-state index is 0.486. The second kappa shape index (κ2) is 6.24. The summed E-state index contributed by atoms with van der Waals surface area (Å²) in [5.74, 6) is 0.487. The monoisotopic (exact) mass is 210 g/mol. The van der Waals surface area contributed by atoms with Gasteiger partial charge in [-0.25, -0.2) is 4.98 Å². The largest absolute Gasteiger partial charge is 0.474 e. The van der Waals surface area contributed by atoms with Crippen LogP contribution in [0, 0.1) is 6.92 Å². The minimum absolute atomic E-state index is 0.486. The Kier molecular flexibility index (Phi) is 4.90. The van der Waals surface area contributed by atoms with Crippen molar-refractivity contribution in [1.82, 2.24) is 4.98 Å². The van der Waals surface area contributed by atoms with Crippen molar-refractivity contribution in [3.63, 3.8) is 0 Å². The molecule has 4 nitrogen and oxygen atoms in total. The Hall–Kier alpha value is -1.29. The molecular weight excluding hydrogens is 192 g/mol. The maximum atomic E-state index is 5.73. The maximum absolute atomic E-state index is 5.73. The summed E-state index contributed by atoms with van der Waals surface area (Å²) < 4.78 is 10.7. The third-order valence-corrected chi connectivity index (χ3v) is 1.83. The van der Waals surface area contributed by atoms with E-state index in [4.69, 9.17) is 15.2 Å². The number of hydrogen-bond donors (Lipinski definition) is 1. The summed E-state index contributed by atoms with van der Waals surface area (Å²) in [4.78, 5) is 4.09. The highest BCUT2D eigenvalue weighted by Gasteiger charge is 2.01. The number of nitrogens with zero attached hydrogens (tertiary/aromatic N) is 1. The van der Waals surface area contributed by atoms with E-state index in [-0.39, 0.29) is 0 Å². The molecule has 0 aliphatic carbocycles. The zero-order valence-corrected chi connectivity index (χ0v) is 9.32. The second-order valence-electron chi connectivity index (χ2n) is 3.37. The predicted molar refractivity (Wildman–Crippen MR) is 60.0 cm³/mol. The van der Waals surface area contributed by atoms with Gasteiger partial charge >= 0.3 is 0 Å². The van der Waals surface area contributed by atoms with Crippen LogP contribution in [0.5, 0.6) is 5.88 Å². The van der Waals surface area contributed by atoms with E-state index in [0.29, 0.717) is 24.8 Å². The maximum Gasteiger partial charge on any atom is 0.237 e. The molecular formula is C11H18N2O2. The van der Waals surface area contributed by atoms with E-state index in [1.165, 1.54) is 0 Å². The van der Waals surface area contributed by atoms with Crippen LogP contribution in [0.4, 0.5) is 5.69 Å². The van der Waals surface area contributed by atoms with Gasteiger partial charge in [-0.2, -0.15) is 0 Å². The molecule has 0 aliphatic rings. The fourth-order valence-electron chi connectivity index (χ4n) is 1.14. The molecule has 1 heterocycles. The Morgan fingerprint density at radius 3 is 2.80 bits per heavy atom. The summed E-state index contributed by atoms with van der Waals surface area (Å²) in [6, 6.07) is 1.84. The minimum Gasteiger partial charge on any atom is -0.474 e. The van der Waals surface area contributed by atoms with Crippen molar-refractivity contribution in [3.8, 4) is 5.88 Å². The number of rotatable bonds is 6. The van der Waals surface area contributed by atoms with E-state index in [1.807, 2.05) is 13.0 Å². The highest BCUT2D eigenvalue weighted by Crippen LogP contribution is 2.17. The second-order valence-corrected chi connectivity index (χ2v) is 3.37. The zero-order valence-electron chi connectivity index (χ0n) is 9.32. The standard InChI is InChI=1S/C11H18N2O2/c1-3-4-14-5-6-15-11-10(12)7-9(2)8-13-11/h7-8H,3-6,12H2,1-2H3. The Balaban J connectivity index is 2.31. The molecule has 0 bridgehead atoms. The topological polar surface area (TPSA) is 57.4 Å². The lowest BCUT2D eigenvalue weighted by molar-refractivity contribution is 0.0993. The molecule has 0 radical (unpaired) electrons.